The van der Waals surface area contributed by atoms with Crippen LogP contribution in [0.3, 0.4) is 0 Å². The van der Waals surface area contributed by atoms with Crippen molar-refractivity contribution in [3.63, 3.8) is 0 Å². The largest absolute Gasteiger partial charge is 0.503 e. The topological polar surface area (TPSA) is 107 Å². The number of rotatable bonds is 8. The molecule has 8 nitrogen and oxygen atoms in total. The Morgan fingerprint density at radius 1 is 1.15 bits per heavy atom. The Hall–Kier alpha value is -4.05. The predicted octanol–water partition coefficient (Wildman–Crippen LogP) is 4.73. The van der Waals surface area contributed by atoms with Gasteiger partial charge in [-0.1, -0.05) is 42.8 Å². The summed E-state index contributed by atoms with van der Waals surface area (Å²) in [5.74, 6) is -3.38. The molecule has 2 aromatic carbocycles. The third-order valence-corrected chi connectivity index (χ3v) is 6.99. The van der Waals surface area contributed by atoms with E-state index in [0.717, 1.165) is 11.6 Å². The number of pyridine rings is 1. The number of nitrogens with zero attached hydrogens (tertiary/aromatic N) is 1. The molecular formula is C30H32F2N2O6. The number of hydrogen-bond acceptors (Lipinski definition) is 7. The van der Waals surface area contributed by atoms with E-state index in [1.165, 1.54) is 31.5 Å². The fraction of sp³-hybridized carbons (Fsp3) is 0.367. The van der Waals surface area contributed by atoms with Gasteiger partial charge in [0, 0.05) is 18.3 Å². The van der Waals surface area contributed by atoms with Crippen LogP contribution in [0.4, 0.5) is 8.78 Å². The van der Waals surface area contributed by atoms with Gasteiger partial charge in [-0.05, 0) is 49.3 Å². The second kappa shape index (κ2) is 13.3. The van der Waals surface area contributed by atoms with Gasteiger partial charge >= 0.3 is 5.97 Å². The second-order valence-corrected chi connectivity index (χ2v) is 9.77. The maximum absolute atomic E-state index is 14.6. The Labute approximate surface area is 231 Å². The zero-order chi connectivity index (χ0) is 28.6. The van der Waals surface area contributed by atoms with Gasteiger partial charge in [0.1, 0.15) is 23.8 Å². The number of carbonyl (C=O) groups excluding carboxylic acids is 2. The third kappa shape index (κ3) is 7.12. The molecule has 1 amide bonds. The molecule has 0 spiro atoms. The van der Waals surface area contributed by atoms with E-state index in [0.29, 0.717) is 18.4 Å². The summed E-state index contributed by atoms with van der Waals surface area (Å²) in [6, 6.07) is 13.4. The SMILES string of the molecule is COc1ccnc(C(=O)N[C@H]2CCC[C@H](Cc3ccc(F)cc3F)[C@@H](OCc3ccccc3)[C@H](C)OC2=O)c1O. The lowest BCUT2D eigenvalue weighted by Crippen LogP contribution is -2.44. The van der Waals surface area contributed by atoms with Crippen LogP contribution in [0.2, 0.25) is 0 Å². The van der Waals surface area contributed by atoms with Gasteiger partial charge in [0.2, 0.25) is 0 Å². The summed E-state index contributed by atoms with van der Waals surface area (Å²) < 4.78 is 45.2. The first kappa shape index (κ1) is 28.9. The van der Waals surface area contributed by atoms with Gasteiger partial charge in [-0.25, -0.2) is 18.6 Å². The monoisotopic (exact) mass is 554 g/mol. The zero-order valence-corrected chi connectivity index (χ0v) is 22.3. The van der Waals surface area contributed by atoms with Crippen molar-refractivity contribution in [2.75, 3.05) is 7.11 Å². The number of hydrogen-bond donors (Lipinski definition) is 2. The Morgan fingerprint density at radius 2 is 1.93 bits per heavy atom. The summed E-state index contributed by atoms with van der Waals surface area (Å²) in [4.78, 5) is 30.0. The molecule has 0 saturated carbocycles. The number of methoxy groups -OCH3 is 1. The van der Waals surface area contributed by atoms with Gasteiger partial charge in [0.15, 0.2) is 17.2 Å². The molecule has 0 unspecified atom stereocenters. The van der Waals surface area contributed by atoms with E-state index in [1.807, 2.05) is 30.3 Å². The number of esters is 1. The number of aromatic hydroxyl groups is 1. The van der Waals surface area contributed by atoms with Crippen LogP contribution < -0.4 is 10.1 Å². The van der Waals surface area contributed by atoms with E-state index in [1.54, 1.807) is 6.92 Å². The van der Waals surface area contributed by atoms with Gasteiger partial charge in [-0.2, -0.15) is 0 Å². The van der Waals surface area contributed by atoms with Crippen LogP contribution >= 0.6 is 0 Å². The van der Waals surface area contributed by atoms with Crippen LogP contribution in [0.25, 0.3) is 0 Å². The average Bonchev–Trinajstić information content (AvgIpc) is 2.98. The smallest absolute Gasteiger partial charge is 0.329 e. The van der Waals surface area contributed by atoms with Gasteiger partial charge in [0.25, 0.3) is 5.91 Å². The van der Waals surface area contributed by atoms with Crippen LogP contribution in [-0.4, -0.2) is 47.3 Å². The molecule has 212 valence electrons. The van der Waals surface area contributed by atoms with Gasteiger partial charge < -0.3 is 24.6 Å². The Balaban J connectivity index is 1.55. The minimum Gasteiger partial charge on any atom is -0.503 e. The highest BCUT2D eigenvalue weighted by Gasteiger charge is 2.36. The molecule has 3 aromatic rings. The molecule has 1 aliphatic rings. The summed E-state index contributed by atoms with van der Waals surface area (Å²) in [6.07, 6.45) is 1.43. The van der Waals surface area contributed by atoms with E-state index in [-0.39, 0.29) is 36.8 Å². The number of cyclic esters (lactones) is 1. The lowest BCUT2D eigenvalue weighted by atomic mass is 9.86. The molecule has 0 bridgehead atoms. The highest BCUT2D eigenvalue weighted by Crippen LogP contribution is 2.30. The molecule has 0 radical (unpaired) electrons. The molecule has 4 atom stereocenters. The molecule has 0 aliphatic carbocycles. The summed E-state index contributed by atoms with van der Waals surface area (Å²) in [5, 5.41) is 12.9. The number of aromatic nitrogens is 1. The van der Waals surface area contributed by atoms with Crippen LogP contribution in [-0.2, 0) is 27.3 Å². The van der Waals surface area contributed by atoms with E-state index in [4.69, 9.17) is 14.2 Å². The molecule has 2 N–H and O–H groups in total. The first-order chi connectivity index (χ1) is 19.3. The molecule has 2 heterocycles. The summed E-state index contributed by atoms with van der Waals surface area (Å²) >= 11 is 0. The van der Waals surface area contributed by atoms with Gasteiger partial charge in [0.05, 0.1) is 19.8 Å². The quantitative estimate of drug-likeness (QED) is 0.388. The Kier molecular flexibility index (Phi) is 9.65. The number of carbonyl (C=O) groups is 2. The molecule has 40 heavy (non-hydrogen) atoms. The van der Waals surface area contributed by atoms with E-state index in [9.17, 15) is 23.5 Å². The summed E-state index contributed by atoms with van der Waals surface area (Å²) in [5.41, 5.74) is 0.971. The fourth-order valence-electron chi connectivity index (χ4n) is 4.93. The van der Waals surface area contributed by atoms with Crippen molar-refractivity contribution in [3.8, 4) is 11.5 Å². The molecule has 4 rings (SSSR count). The molecule has 1 aromatic heterocycles. The molecular weight excluding hydrogens is 522 g/mol. The Morgan fingerprint density at radius 3 is 2.65 bits per heavy atom. The normalized spacial score (nSPS) is 21.4. The van der Waals surface area contributed by atoms with Crippen LogP contribution in [0.1, 0.15) is 47.8 Å². The molecule has 1 fully saturated rings. The second-order valence-electron chi connectivity index (χ2n) is 9.77. The minimum absolute atomic E-state index is 0.0695. The fourth-order valence-corrected chi connectivity index (χ4v) is 4.93. The van der Waals surface area contributed by atoms with Crippen molar-refractivity contribution in [1.29, 1.82) is 0 Å². The number of ether oxygens (including phenoxy) is 3. The number of halogens is 2. The average molecular weight is 555 g/mol. The highest BCUT2D eigenvalue weighted by atomic mass is 19.1. The first-order valence-electron chi connectivity index (χ1n) is 13.1. The summed E-state index contributed by atoms with van der Waals surface area (Å²) in [7, 11) is 1.35. The van der Waals surface area contributed by atoms with E-state index in [2.05, 4.69) is 10.3 Å². The first-order valence-corrected chi connectivity index (χ1v) is 13.1. The minimum atomic E-state index is -1.02. The maximum atomic E-state index is 14.6. The maximum Gasteiger partial charge on any atom is 0.329 e. The van der Waals surface area contributed by atoms with Crippen molar-refractivity contribution in [3.05, 3.63) is 89.2 Å². The van der Waals surface area contributed by atoms with E-state index >= 15 is 0 Å². The van der Waals surface area contributed by atoms with Gasteiger partial charge in [-0.15, -0.1) is 0 Å². The van der Waals surface area contributed by atoms with Crippen LogP contribution in [0, 0.1) is 17.6 Å². The number of benzene rings is 2. The van der Waals surface area contributed by atoms with Crippen molar-refractivity contribution in [2.24, 2.45) is 5.92 Å². The van der Waals surface area contributed by atoms with Crippen LogP contribution in [0.15, 0.2) is 60.8 Å². The van der Waals surface area contributed by atoms with Crippen molar-refractivity contribution in [1.82, 2.24) is 10.3 Å². The van der Waals surface area contributed by atoms with Crippen molar-refractivity contribution >= 4 is 11.9 Å². The Bertz CT molecular complexity index is 1320. The molecule has 1 saturated heterocycles. The van der Waals surface area contributed by atoms with Crippen molar-refractivity contribution in [2.45, 2.75) is 57.5 Å². The molecule has 1 aliphatic heterocycles. The molecule has 10 heteroatoms. The third-order valence-electron chi connectivity index (χ3n) is 6.99. The lowest BCUT2D eigenvalue weighted by molar-refractivity contribution is -0.161. The summed E-state index contributed by atoms with van der Waals surface area (Å²) in [6.45, 7) is 1.94. The lowest BCUT2D eigenvalue weighted by Gasteiger charge is -2.31. The standard InChI is InChI=1S/C30H32F2N2O6/c1-18-28(39-17-19-7-4-3-5-8-19)21(15-20-11-12-22(31)16-23(20)32)9-6-10-24(30(37)40-18)34-29(36)26-27(35)25(38-2)13-14-33-26/h3-5,7-8,11-14,16,18,21,24,28,35H,6,9-10,15,17H2,1-2H3,(H,34,36)/t18-,21+,24-,28-/m0/s1. The predicted molar refractivity (Wildman–Crippen MR) is 142 cm³/mol. The zero-order valence-electron chi connectivity index (χ0n) is 22.3. The van der Waals surface area contributed by atoms with E-state index < -0.39 is 47.5 Å². The van der Waals surface area contributed by atoms with Gasteiger partial charge in [-0.3, -0.25) is 4.79 Å². The van der Waals surface area contributed by atoms with Crippen LogP contribution in [0.5, 0.6) is 11.5 Å². The number of amides is 1. The number of nitrogens with one attached hydrogen (secondary N) is 1. The highest BCUT2D eigenvalue weighted by molar-refractivity contribution is 5.97. The van der Waals surface area contributed by atoms with Crippen molar-refractivity contribution < 1.29 is 37.7 Å².